The summed E-state index contributed by atoms with van der Waals surface area (Å²) in [4.78, 5) is 14.1. The summed E-state index contributed by atoms with van der Waals surface area (Å²) in [5.74, 6) is 0.218. The lowest BCUT2D eigenvalue weighted by Crippen LogP contribution is -2.38. The fourth-order valence-electron chi connectivity index (χ4n) is 2.40. The van der Waals surface area contributed by atoms with Gasteiger partial charge in [-0.3, -0.25) is 4.79 Å². The van der Waals surface area contributed by atoms with Gasteiger partial charge in [0.15, 0.2) is 0 Å². The van der Waals surface area contributed by atoms with E-state index in [0.717, 1.165) is 24.9 Å². The Balaban J connectivity index is 1.95. The van der Waals surface area contributed by atoms with E-state index in [1.165, 1.54) is 0 Å². The number of hydrogen-bond acceptors (Lipinski definition) is 2. The molecule has 17 heavy (non-hydrogen) atoms. The van der Waals surface area contributed by atoms with Gasteiger partial charge in [-0.05, 0) is 18.4 Å². The largest absolute Gasteiger partial charge is 0.383 e. The summed E-state index contributed by atoms with van der Waals surface area (Å²) in [6.07, 6.45) is 2.66. The van der Waals surface area contributed by atoms with Gasteiger partial charge in [0.2, 0.25) is 5.91 Å². The van der Waals surface area contributed by atoms with Crippen LogP contribution in [0.25, 0.3) is 0 Å². The topological polar surface area (TPSA) is 29.5 Å². The molecule has 3 nitrogen and oxygen atoms in total. The van der Waals surface area contributed by atoms with Crippen LogP contribution in [0.1, 0.15) is 18.4 Å². The molecule has 1 heterocycles. The first-order chi connectivity index (χ1) is 8.31. The zero-order valence-corrected chi connectivity index (χ0v) is 10.3. The first-order valence-electron chi connectivity index (χ1n) is 6.13. The van der Waals surface area contributed by atoms with E-state index in [1.807, 2.05) is 35.2 Å². The Labute approximate surface area is 102 Å². The zero-order valence-electron chi connectivity index (χ0n) is 10.3. The van der Waals surface area contributed by atoms with Crippen molar-refractivity contribution in [2.24, 2.45) is 0 Å². The molecule has 92 valence electrons. The zero-order chi connectivity index (χ0) is 12.1. The Morgan fingerprint density at radius 3 is 2.88 bits per heavy atom. The number of amides is 1. The number of benzene rings is 1. The number of carbonyl (C=O) groups excluding carboxylic acids is 1. The molecule has 0 aliphatic carbocycles. The van der Waals surface area contributed by atoms with Crippen molar-refractivity contribution >= 4 is 5.91 Å². The summed E-state index contributed by atoms with van der Waals surface area (Å²) in [5.41, 5.74) is 1.08. The molecule has 0 aromatic heterocycles. The Hall–Kier alpha value is -1.35. The number of hydrogen-bond donors (Lipinski definition) is 0. The number of likely N-dealkylation sites (tertiary alicyclic amines) is 1. The highest BCUT2D eigenvalue weighted by Crippen LogP contribution is 2.18. The fraction of sp³-hybridized carbons (Fsp3) is 0.500. The highest BCUT2D eigenvalue weighted by molar-refractivity contribution is 5.79. The third-order valence-corrected chi connectivity index (χ3v) is 3.25. The van der Waals surface area contributed by atoms with Crippen molar-refractivity contribution in [1.82, 2.24) is 4.90 Å². The van der Waals surface area contributed by atoms with Crippen molar-refractivity contribution in [2.75, 3.05) is 20.3 Å². The van der Waals surface area contributed by atoms with E-state index >= 15 is 0 Å². The second kappa shape index (κ2) is 5.82. The molecule has 1 aliphatic rings. The van der Waals surface area contributed by atoms with Crippen molar-refractivity contribution in [2.45, 2.75) is 25.3 Å². The van der Waals surface area contributed by atoms with Gasteiger partial charge >= 0.3 is 0 Å². The number of rotatable bonds is 4. The molecule has 1 aliphatic heterocycles. The average Bonchev–Trinajstić information content (AvgIpc) is 2.79. The minimum Gasteiger partial charge on any atom is -0.383 e. The van der Waals surface area contributed by atoms with Crippen molar-refractivity contribution < 1.29 is 9.53 Å². The molecule has 0 spiro atoms. The molecule has 1 unspecified atom stereocenters. The van der Waals surface area contributed by atoms with Crippen LogP contribution in [0.3, 0.4) is 0 Å². The molecule has 1 amide bonds. The van der Waals surface area contributed by atoms with Crippen molar-refractivity contribution in [3.8, 4) is 0 Å². The minimum absolute atomic E-state index is 0.218. The fourth-order valence-corrected chi connectivity index (χ4v) is 2.40. The summed E-state index contributed by atoms with van der Waals surface area (Å²) in [6, 6.07) is 10.2. The molecular formula is C14H19NO2. The average molecular weight is 233 g/mol. The van der Waals surface area contributed by atoms with Crippen LogP contribution in [-0.4, -0.2) is 37.1 Å². The van der Waals surface area contributed by atoms with Gasteiger partial charge in [0.05, 0.1) is 19.1 Å². The van der Waals surface area contributed by atoms with Crippen LogP contribution in [0, 0.1) is 0 Å². The maximum Gasteiger partial charge on any atom is 0.227 e. The maximum absolute atomic E-state index is 12.2. The Kier molecular flexibility index (Phi) is 4.15. The number of nitrogens with zero attached hydrogens (tertiary/aromatic N) is 1. The van der Waals surface area contributed by atoms with Crippen LogP contribution in [-0.2, 0) is 16.0 Å². The predicted molar refractivity (Wildman–Crippen MR) is 66.8 cm³/mol. The van der Waals surface area contributed by atoms with Crippen molar-refractivity contribution in [3.63, 3.8) is 0 Å². The Morgan fingerprint density at radius 1 is 1.41 bits per heavy atom. The molecule has 1 aromatic rings. The van der Waals surface area contributed by atoms with Crippen molar-refractivity contribution in [1.29, 1.82) is 0 Å². The quantitative estimate of drug-likeness (QED) is 0.794. The highest BCUT2D eigenvalue weighted by atomic mass is 16.5. The summed E-state index contributed by atoms with van der Waals surface area (Å²) in [6.45, 7) is 1.53. The maximum atomic E-state index is 12.2. The van der Waals surface area contributed by atoms with Gasteiger partial charge in [-0.15, -0.1) is 0 Å². The smallest absolute Gasteiger partial charge is 0.227 e. The van der Waals surface area contributed by atoms with E-state index in [4.69, 9.17) is 4.74 Å². The van der Waals surface area contributed by atoms with E-state index in [1.54, 1.807) is 7.11 Å². The second-order valence-electron chi connectivity index (χ2n) is 4.50. The summed E-state index contributed by atoms with van der Waals surface area (Å²) in [5, 5.41) is 0. The molecule has 2 rings (SSSR count). The number of carbonyl (C=O) groups is 1. The molecule has 0 N–H and O–H groups in total. The van der Waals surface area contributed by atoms with Crippen LogP contribution < -0.4 is 0 Å². The van der Waals surface area contributed by atoms with Crippen LogP contribution >= 0.6 is 0 Å². The second-order valence-corrected chi connectivity index (χ2v) is 4.50. The van der Waals surface area contributed by atoms with Crippen LogP contribution in [0.5, 0.6) is 0 Å². The molecule has 1 atom stereocenters. The standard InChI is InChI=1S/C14H19NO2/c1-17-11-13-8-5-9-15(13)14(16)10-12-6-3-2-4-7-12/h2-4,6-7,13H,5,8-11H2,1H3. The molecule has 3 heteroatoms. The molecular weight excluding hydrogens is 214 g/mol. The van der Waals surface area contributed by atoms with E-state index in [-0.39, 0.29) is 11.9 Å². The van der Waals surface area contributed by atoms with Gasteiger partial charge in [0, 0.05) is 13.7 Å². The van der Waals surface area contributed by atoms with Gasteiger partial charge in [-0.25, -0.2) is 0 Å². The monoisotopic (exact) mass is 233 g/mol. The van der Waals surface area contributed by atoms with E-state index in [9.17, 15) is 4.79 Å². The molecule has 1 saturated heterocycles. The number of methoxy groups -OCH3 is 1. The van der Waals surface area contributed by atoms with Crippen LogP contribution in [0.15, 0.2) is 30.3 Å². The third kappa shape index (κ3) is 3.07. The van der Waals surface area contributed by atoms with Gasteiger partial charge in [-0.2, -0.15) is 0 Å². The summed E-state index contributed by atoms with van der Waals surface area (Å²) < 4.78 is 5.16. The normalized spacial score (nSPS) is 19.6. The molecule has 1 fully saturated rings. The summed E-state index contributed by atoms with van der Waals surface area (Å²) in [7, 11) is 1.69. The SMILES string of the molecule is COCC1CCCN1C(=O)Cc1ccccc1. The van der Waals surface area contributed by atoms with Crippen LogP contribution in [0.4, 0.5) is 0 Å². The number of ether oxygens (including phenoxy) is 1. The molecule has 1 aromatic carbocycles. The molecule has 0 radical (unpaired) electrons. The highest BCUT2D eigenvalue weighted by Gasteiger charge is 2.28. The van der Waals surface area contributed by atoms with Crippen LogP contribution in [0.2, 0.25) is 0 Å². The van der Waals surface area contributed by atoms with Crippen molar-refractivity contribution in [3.05, 3.63) is 35.9 Å². The molecule has 0 saturated carbocycles. The van der Waals surface area contributed by atoms with E-state index < -0.39 is 0 Å². The lowest BCUT2D eigenvalue weighted by atomic mass is 10.1. The first-order valence-corrected chi connectivity index (χ1v) is 6.13. The Morgan fingerprint density at radius 2 is 2.18 bits per heavy atom. The Bertz CT molecular complexity index is 364. The van der Waals surface area contributed by atoms with Gasteiger partial charge in [0.25, 0.3) is 0 Å². The minimum atomic E-state index is 0.218. The van der Waals surface area contributed by atoms with E-state index in [0.29, 0.717) is 13.0 Å². The lowest BCUT2D eigenvalue weighted by molar-refractivity contribution is -0.132. The first kappa shape index (κ1) is 12.1. The predicted octanol–water partition coefficient (Wildman–Crippen LogP) is 1.87. The van der Waals surface area contributed by atoms with E-state index in [2.05, 4.69) is 0 Å². The van der Waals surface area contributed by atoms with Gasteiger partial charge < -0.3 is 9.64 Å². The summed E-state index contributed by atoms with van der Waals surface area (Å²) >= 11 is 0. The van der Waals surface area contributed by atoms with Gasteiger partial charge in [-0.1, -0.05) is 30.3 Å². The molecule has 0 bridgehead atoms. The lowest BCUT2D eigenvalue weighted by Gasteiger charge is -2.24. The third-order valence-electron chi connectivity index (χ3n) is 3.25. The van der Waals surface area contributed by atoms with Gasteiger partial charge in [0.1, 0.15) is 0 Å².